The first-order valence-corrected chi connectivity index (χ1v) is 11.3. The Balaban J connectivity index is 1.41. The van der Waals surface area contributed by atoms with Crippen LogP contribution in [0, 0.1) is 5.92 Å². The van der Waals surface area contributed by atoms with Crippen molar-refractivity contribution in [3.05, 3.63) is 42.5 Å². The fourth-order valence-corrected chi connectivity index (χ4v) is 5.20. The van der Waals surface area contributed by atoms with Crippen molar-refractivity contribution in [3.8, 4) is 11.5 Å². The lowest BCUT2D eigenvalue weighted by Gasteiger charge is -2.30. The Hall–Kier alpha value is -3.11. The van der Waals surface area contributed by atoms with E-state index in [-0.39, 0.29) is 29.8 Å². The molecule has 0 spiro atoms. The number of nitrogens with one attached hydrogen (secondary N) is 2. The number of H-pyrrole nitrogens is 1. The fraction of sp³-hybridized carbons (Fsp3) is 0.333. The predicted octanol–water partition coefficient (Wildman–Crippen LogP) is 2.62. The molecular formula is C21H24N4O5S. The Bertz CT molecular complexity index is 1170. The molecule has 3 aromatic rings. The summed E-state index contributed by atoms with van der Waals surface area (Å²) in [6.45, 7) is 0.518. The van der Waals surface area contributed by atoms with Gasteiger partial charge >= 0.3 is 0 Å². The first-order valence-electron chi connectivity index (χ1n) is 9.90. The quantitative estimate of drug-likeness (QED) is 0.604. The van der Waals surface area contributed by atoms with Crippen LogP contribution in [-0.4, -0.2) is 55.9 Å². The highest BCUT2D eigenvalue weighted by atomic mass is 32.2. The maximum atomic E-state index is 13.0. The van der Waals surface area contributed by atoms with Crippen LogP contribution in [0.25, 0.3) is 11.0 Å². The summed E-state index contributed by atoms with van der Waals surface area (Å²) in [5.74, 6) is 0.755. The zero-order valence-corrected chi connectivity index (χ0v) is 18.1. The van der Waals surface area contributed by atoms with Crippen LogP contribution in [0.4, 0.5) is 5.95 Å². The molecule has 1 aliphatic heterocycles. The number of rotatable bonds is 6. The molecule has 4 rings (SSSR count). The van der Waals surface area contributed by atoms with Crippen molar-refractivity contribution in [1.29, 1.82) is 0 Å². The standard InChI is InChI=1S/C21H24N4O5S/c1-29-18-8-7-15(13-19(18)30-2)31(27,28)25-11-9-14(10-12-25)20(26)24-21-22-16-5-3-4-6-17(16)23-21/h3-8,13-14H,9-12H2,1-2H3,(H2,22,23,24,26). The zero-order chi connectivity index (χ0) is 22.0. The molecule has 0 radical (unpaired) electrons. The third-order valence-corrected chi connectivity index (χ3v) is 7.34. The number of nitrogens with zero attached hydrogens (tertiary/aromatic N) is 2. The summed E-state index contributed by atoms with van der Waals surface area (Å²) < 4.78 is 37.9. The summed E-state index contributed by atoms with van der Waals surface area (Å²) in [6, 6.07) is 12.0. The number of sulfonamides is 1. The molecule has 0 unspecified atom stereocenters. The van der Waals surface area contributed by atoms with Crippen molar-refractivity contribution in [1.82, 2.24) is 14.3 Å². The third-order valence-electron chi connectivity index (χ3n) is 5.45. The lowest BCUT2D eigenvalue weighted by Crippen LogP contribution is -2.41. The van der Waals surface area contributed by atoms with Crippen molar-refractivity contribution in [2.75, 3.05) is 32.6 Å². The van der Waals surface area contributed by atoms with Gasteiger partial charge in [-0.3, -0.25) is 10.1 Å². The summed E-state index contributed by atoms with van der Waals surface area (Å²) in [5.41, 5.74) is 1.61. The number of anilines is 1. The van der Waals surface area contributed by atoms with Crippen LogP contribution in [0.5, 0.6) is 11.5 Å². The molecule has 2 heterocycles. The highest BCUT2D eigenvalue weighted by molar-refractivity contribution is 7.89. The monoisotopic (exact) mass is 444 g/mol. The van der Waals surface area contributed by atoms with Crippen molar-refractivity contribution >= 4 is 32.9 Å². The van der Waals surface area contributed by atoms with E-state index in [4.69, 9.17) is 9.47 Å². The number of fused-ring (bicyclic) bond motifs is 1. The highest BCUT2D eigenvalue weighted by Gasteiger charge is 2.32. The summed E-state index contributed by atoms with van der Waals surface area (Å²) in [7, 11) is -0.745. The largest absolute Gasteiger partial charge is 0.493 e. The van der Waals surface area contributed by atoms with Crippen LogP contribution < -0.4 is 14.8 Å². The maximum absolute atomic E-state index is 13.0. The van der Waals surface area contributed by atoms with Crippen molar-refractivity contribution in [2.24, 2.45) is 5.92 Å². The Morgan fingerprint density at radius 1 is 1.10 bits per heavy atom. The molecule has 0 saturated carbocycles. The van der Waals surface area contributed by atoms with Crippen LogP contribution in [0.3, 0.4) is 0 Å². The first-order chi connectivity index (χ1) is 14.9. The van der Waals surface area contributed by atoms with Crippen molar-refractivity contribution < 1.29 is 22.7 Å². The van der Waals surface area contributed by atoms with Gasteiger partial charge in [-0.25, -0.2) is 13.4 Å². The summed E-state index contributed by atoms with van der Waals surface area (Å²) in [4.78, 5) is 20.2. The van der Waals surface area contributed by atoms with E-state index in [1.54, 1.807) is 6.07 Å². The normalized spacial score (nSPS) is 15.7. The second-order valence-electron chi connectivity index (χ2n) is 7.29. The maximum Gasteiger partial charge on any atom is 0.243 e. The number of piperidine rings is 1. The van der Waals surface area contributed by atoms with E-state index in [9.17, 15) is 13.2 Å². The molecule has 1 aromatic heterocycles. The van der Waals surface area contributed by atoms with Crippen LogP contribution >= 0.6 is 0 Å². The number of aromatic nitrogens is 2. The molecule has 1 fully saturated rings. The van der Waals surface area contributed by atoms with Gasteiger partial charge in [-0.1, -0.05) is 12.1 Å². The summed E-state index contributed by atoms with van der Waals surface area (Å²) in [6.07, 6.45) is 0.858. The number of methoxy groups -OCH3 is 2. The number of ether oxygens (including phenoxy) is 2. The van der Waals surface area contributed by atoms with E-state index in [0.29, 0.717) is 30.3 Å². The van der Waals surface area contributed by atoms with Gasteiger partial charge in [0.15, 0.2) is 11.5 Å². The molecule has 2 aromatic carbocycles. The number of amides is 1. The van der Waals surface area contributed by atoms with Crippen LogP contribution in [-0.2, 0) is 14.8 Å². The van der Waals surface area contributed by atoms with Gasteiger partial charge in [-0.15, -0.1) is 0 Å². The molecule has 0 bridgehead atoms. The molecule has 31 heavy (non-hydrogen) atoms. The molecular weight excluding hydrogens is 420 g/mol. The average molecular weight is 445 g/mol. The molecule has 1 saturated heterocycles. The van der Waals surface area contributed by atoms with Gasteiger partial charge < -0.3 is 14.5 Å². The van der Waals surface area contributed by atoms with Crippen LogP contribution in [0.15, 0.2) is 47.4 Å². The topological polar surface area (TPSA) is 114 Å². The van der Waals surface area contributed by atoms with Gasteiger partial charge in [0.2, 0.25) is 21.9 Å². The Morgan fingerprint density at radius 3 is 2.48 bits per heavy atom. The van der Waals surface area contributed by atoms with Gasteiger partial charge in [-0.05, 0) is 37.1 Å². The number of hydrogen-bond acceptors (Lipinski definition) is 6. The molecule has 10 heteroatoms. The van der Waals surface area contributed by atoms with E-state index in [0.717, 1.165) is 11.0 Å². The minimum Gasteiger partial charge on any atom is -0.493 e. The van der Waals surface area contributed by atoms with E-state index in [1.807, 2.05) is 24.3 Å². The minimum absolute atomic E-state index is 0.135. The van der Waals surface area contributed by atoms with Crippen LogP contribution in [0.1, 0.15) is 12.8 Å². The fourth-order valence-electron chi connectivity index (χ4n) is 3.72. The third kappa shape index (κ3) is 4.21. The first kappa shape index (κ1) is 21.1. The highest BCUT2D eigenvalue weighted by Crippen LogP contribution is 2.32. The molecule has 1 aliphatic rings. The van der Waals surface area contributed by atoms with Gasteiger partial charge in [0.05, 0.1) is 30.1 Å². The SMILES string of the molecule is COc1ccc(S(=O)(=O)N2CCC(C(=O)Nc3nc4ccccc4[nH]3)CC2)cc1OC. The molecule has 9 nitrogen and oxygen atoms in total. The van der Waals surface area contributed by atoms with Gasteiger partial charge in [-0.2, -0.15) is 4.31 Å². The van der Waals surface area contributed by atoms with Gasteiger partial charge in [0, 0.05) is 25.1 Å². The number of hydrogen-bond donors (Lipinski definition) is 2. The number of carbonyl (C=O) groups is 1. The average Bonchev–Trinajstić information content (AvgIpc) is 3.20. The zero-order valence-electron chi connectivity index (χ0n) is 17.3. The number of para-hydroxylation sites is 2. The van der Waals surface area contributed by atoms with E-state index in [2.05, 4.69) is 15.3 Å². The predicted molar refractivity (Wildman–Crippen MR) is 116 cm³/mol. The summed E-state index contributed by atoms with van der Waals surface area (Å²) in [5, 5.41) is 2.81. The van der Waals surface area contributed by atoms with E-state index < -0.39 is 10.0 Å². The lowest BCUT2D eigenvalue weighted by atomic mass is 9.97. The number of imidazole rings is 1. The molecule has 0 atom stereocenters. The Morgan fingerprint density at radius 2 is 1.81 bits per heavy atom. The number of carbonyl (C=O) groups excluding carboxylic acids is 1. The number of benzene rings is 2. The summed E-state index contributed by atoms with van der Waals surface area (Å²) >= 11 is 0. The minimum atomic E-state index is -3.70. The Labute approximate surface area is 180 Å². The lowest BCUT2D eigenvalue weighted by molar-refractivity contribution is -0.120. The van der Waals surface area contributed by atoms with Gasteiger partial charge in [0.25, 0.3) is 0 Å². The molecule has 0 aliphatic carbocycles. The molecule has 2 N–H and O–H groups in total. The smallest absolute Gasteiger partial charge is 0.243 e. The second-order valence-corrected chi connectivity index (χ2v) is 9.22. The van der Waals surface area contributed by atoms with Crippen molar-refractivity contribution in [2.45, 2.75) is 17.7 Å². The molecule has 164 valence electrons. The Kier molecular flexibility index (Phi) is 5.84. The van der Waals surface area contributed by atoms with E-state index >= 15 is 0 Å². The molecule has 1 amide bonds. The second kappa shape index (κ2) is 8.56. The van der Waals surface area contributed by atoms with E-state index in [1.165, 1.54) is 30.7 Å². The van der Waals surface area contributed by atoms with Crippen molar-refractivity contribution in [3.63, 3.8) is 0 Å². The number of aromatic amines is 1. The van der Waals surface area contributed by atoms with Gasteiger partial charge in [0.1, 0.15) is 0 Å². The van der Waals surface area contributed by atoms with Crippen LogP contribution in [0.2, 0.25) is 0 Å².